The molecule has 1 amide bonds. The van der Waals surface area contributed by atoms with E-state index in [0.717, 1.165) is 36.4 Å². The Kier molecular flexibility index (Phi) is 5.97. The fourth-order valence-electron chi connectivity index (χ4n) is 4.72. The van der Waals surface area contributed by atoms with E-state index in [1.54, 1.807) is 38.5 Å². The number of benzene rings is 2. The summed E-state index contributed by atoms with van der Waals surface area (Å²) in [6, 6.07) is 14.2. The van der Waals surface area contributed by atoms with Crippen LogP contribution in [0.25, 0.3) is 0 Å². The van der Waals surface area contributed by atoms with Gasteiger partial charge in [-0.15, -0.1) is 0 Å². The maximum atomic E-state index is 12.6. The van der Waals surface area contributed by atoms with E-state index < -0.39 is 0 Å². The van der Waals surface area contributed by atoms with E-state index in [2.05, 4.69) is 16.3 Å². The van der Waals surface area contributed by atoms with Crippen LogP contribution in [0, 0.1) is 0 Å². The Balaban J connectivity index is 1.42. The Labute approximate surface area is 176 Å². The Bertz CT molecular complexity index is 857. The highest BCUT2D eigenvalue weighted by Gasteiger charge is 2.41. The lowest BCUT2D eigenvalue weighted by atomic mass is 9.96. The monoisotopic (exact) mass is 414 g/mol. The van der Waals surface area contributed by atoms with Gasteiger partial charge in [0.25, 0.3) is 5.91 Å². The van der Waals surface area contributed by atoms with Crippen molar-refractivity contribution in [3.05, 3.63) is 58.6 Å². The van der Waals surface area contributed by atoms with Crippen LogP contribution in [0.1, 0.15) is 41.6 Å². The molecule has 0 radical (unpaired) electrons. The predicted octanol–water partition coefficient (Wildman–Crippen LogP) is 4.28. The zero-order chi connectivity index (χ0) is 20.4. The number of rotatable bonds is 6. The quantitative estimate of drug-likeness (QED) is 0.766. The number of carbonyl (C=O) groups is 1. The number of amides is 1. The minimum atomic E-state index is -0.0195. The molecule has 0 aliphatic carbocycles. The lowest BCUT2D eigenvalue weighted by molar-refractivity contribution is 0.0825. The van der Waals surface area contributed by atoms with Crippen molar-refractivity contribution in [2.24, 2.45) is 0 Å². The Morgan fingerprint density at radius 3 is 2.38 bits per heavy atom. The number of nitrogens with zero attached hydrogens (tertiary/aromatic N) is 1. The molecule has 2 aliphatic rings. The highest BCUT2D eigenvalue weighted by atomic mass is 35.5. The van der Waals surface area contributed by atoms with E-state index in [4.69, 9.17) is 21.1 Å². The van der Waals surface area contributed by atoms with Gasteiger partial charge in [0.1, 0.15) is 11.5 Å². The zero-order valence-electron chi connectivity index (χ0n) is 16.9. The van der Waals surface area contributed by atoms with Crippen molar-refractivity contribution >= 4 is 17.5 Å². The molecule has 0 aromatic heterocycles. The number of hydrogen-bond donors (Lipinski definition) is 1. The molecule has 2 heterocycles. The van der Waals surface area contributed by atoms with Crippen LogP contribution in [-0.2, 0) is 6.54 Å². The molecular weight excluding hydrogens is 388 g/mol. The number of methoxy groups -OCH3 is 2. The molecule has 2 bridgehead atoms. The van der Waals surface area contributed by atoms with E-state index in [9.17, 15) is 4.79 Å². The molecule has 5 nitrogen and oxygen atoms in total. The molecule has 2 aliphatic heterocycles. The van der Waals surface area contributed by atoms with Gasteiger partial charge >= 0.3 is 0 Å². The third kappa shape index (κ3) is 4.36. The molecule has 6 heteroatoms. The molecule has 2 atom stereocenters. The van der Waals surface area contributed by atoms with Gasteiger partial charge < -0.3 is 14.8 Å². The van der Waals surface area contributed by atoms with Crippen LogP contribution in [0.15, 0.2) is 42.5 Å². The molecular formula is C23H27ClN2O3. The zero-order valence-corrected chi connectivity index (χ0v) is 17.6. The minimum Gasteiger partial charge on any atom is -0.497 e. The molecule has 2 aromatic rings. The summed E-state index contributed by atoms with van der Waals surface area (Å²) in [5.74, 6) is 1.72. The summed E-state index contributed by atoms with van der Waals surface area (Å²) in [6.45, 7) is 0.841. The van der Waals surface area contributed by atoms with Crippen molar-refractivity contribution < 1.29 is 14.3 Å². The first kappa shape index (κ1) is 20.0. The second-order valence-electron chi connectivity index (χ2n) is 7.88. The maximum absolute atomic E-state index is 12.6. The van der Waals surface area contributed by atoms with Crippen LogP contribution in [0.2, 0.25) is 5.02 Å². The van der Waals surface area contributed by atoms with Gasteiger partial charge in [-0.25, -0.2) is 0 Å². The molecule has 2 saturated heterocycles. The number of carbonyl (C=O) groups excluding carboxylic acids is 1. The summed E-state index contributed by atoms with van der Waals surface area (Å²) >= 11 is 5.92. The van der Waals surface area contributed by atoms with Crippen LogP contribution in [0.3, 0.4) is 0 Å². The van der Waals surface area contributed by atoms with Gasteiger partial charge in [0, 0.05) is 40.8 Å². The number of halogens is 1. The number of fused-ring (bicyclic) bond motifs is 2. The Morgan fingerprint density at radius 1 is 1.07 bits per heavy atom. The van der Waals surface area contributed by atoms with E-state index >= 15 is 0 Å². The van der Waals surface area contributed by atoms with Gasteiger partial charge in [0.05, 0.1) is 14.2 Å². The van der Waals surface area contributed by atoms with Crippen molar-refractivity contribution in [1.82, 2.24) is 10.2 Å². The molecule has 2 fully saturated rings. The van der Waals surface area contributed by atoms with Crippen molar-refractivity contribution in [3.8, 4) is 11.5 Å². The smallest absolute Gasteiger partial charge is 0.251 e. The molecule has 0 saturated carbocycles. The van der Waals surface area contributed by atoms with Gasteiger partial charge in [-0.3, -0.25) is 9.69 Å². The van der Waals surface area contributed by atoms with Gasteiger partial charge in [0.15, 0.2) is 0 Å². The molecule has 4 rings (SSSR count). The average molecular weight is 415 g/mol. The molecule has 29 heavy (non-hydrogen) atoms. The second kappa shape index (κ2) is 8.64. The highest BCUT2D eigenvalue weighted by molar-refractivity contribution is 6.30. The van der Waals surface area contributed by atoms with Gasteiger partial charge in [-0.1, -0.05) is 11.6 Å². The standard InChI is InChI=1S/C23H27ClN2O3/c1-28-21-9-10-22(29-2)16(11-21)14-26-19-7-8-20(26)13-18(12-19)25-23(27)15-3-5-17(24)6-4-15/h3-6,9-11,18-20H,7-8,12-14H2,1-2H3,(H,25,27). The first-order chi connectivity index (χ1) is 14.1. The fraction of sp³-hybridized carbons (Fsp3) is 0.435. The highest BCUT2D eigenvalue weighted by Crippen LogP contribution is 2.38. The predicted molar refractivity (Wildman–Crippen MR) is 114 cm³/mol. The Hall–Kier alpha value is -2.24. The van der Waals surface area contributed by atoms with Crippen LogP contribution >= 0.6 is 11.6 Å². The Morgan fingerprint density at radius 2 is 1.76 bits per heavy atom. The van der Waals surface area contributed by atoms with Crippen molar-refractivity contribution in [3.63, 3.8) is 0 Å². The van der Waals surface area contributed by atoms with E-state index in [0.29, 0.717) is 22.7 Å². The summed E-state index contributed by atoms with van der Waals surface area (Å²) < 4.78 is 11.0. The van der Waals surface area contributed by atoms with Crippen molar-refractivity contribution in [2.75, 3.05) is 14.2 Å². The molecule has 0 spiro atoms. The van der Waals surface area contributed by atoms with Crippen LogP contribution in [0.5, 0.6) is 11.5 Å². The number of hydrogen-bond acceptors (Lipinski definition) is 4. The largest absolute Gasteiger partial charge is 0.497 e. The van der Waals surface area contributed by atoms with Crippen LogP contribution in [-0.4, -0.2) is 43.2 Å². The summed E-state index contributed by atoms with van der Waals surface area (Å²) in [6.07, 6.45) is 4.29. The lowest BCUT2D eigenvalue weighted by Gasteiger charge is -2.39. The van der Waals surface area contributed by atoms with Gasteiger partial charge in [-0.2, -0.15) is 0 Å². The number of nitrogens with one attached hydrogen (secondary N) is 1. The van der Waals surface area contributed by atoms with E-state index in [-0.39, 0.29) is 11.9 Å². The van der Waals surface area contributed by atoms with E-state index in [1.165, 1.54) is 12.8 Å². The SMILES string of the molecule is COc1ccc(OC)c(CN2C3CCC2CC(NC(=O)c2ccc(Cl)cc2)C3)c1. The van der Waals surface area contributed by atoms with Crippen molar-refractivity contribution in [2.45, 2.75) is 50.4 Å². The van der Waals surface area contributed by atoms with Gasteiger partial charge in [0.2, 0.25) is 0 Å². The summed E-state index contributed by atoms with van der Waals surface area (Å²) in [5.41, 5.74) is 1.80. The first-order valence-electron chi connectivity index (χ1n) is 10.1. The summed E-state index contributed by atoms with van der Waals surface area (Å²) in [7, 11) is 3.39. The topological polar surface area (TPSA) is 50.8 Å². The fourth-order valence-corrected chi connectivity index (χ4v) is 4.85. The average Bonchev–Trinajstić information content (AvgIpc) is 2.96. The van der Waals surface area contributed by atoms with Crippen LogP contribution in [0.4, 0.5) is 0 Å². The first-order valence-corrected chi connectivity index (χ1v) is 10.5. The van der Waals surface area contributed by atoms with Gasteiger partial charge in [-0.05, 0) is 68.1 Å². The third-order valence-electron chi connectivity index (χ3n) is 6.17. The second-order valence-corrected chi connectivity index (χ2v) is 8.32. The maximum Gasteiger partial charge on any atom is 0.251 e. The molecule has 154 valence electrons. The normalized spacial score (nSPS) is 23.6. The summed E-state index contributed by atoms with van der Waals surface area (Å²) in [4.78, 5) is 15.2. The molecule has 2 unspecified atom stereocenters. The lowest BCUT2D eigenvalue weighted by Crippen LogP contribution is -2.50. The third-order valence-corrected chi connectivity index (χ3v) is 6.42. The van der Waals surface area contributed by atoms with Crippen LogP contribution < -0.4 is 14.8 Å². The number of piperidine rings is 1. The van der Waals surface area contributed by atoms with E-state index in [1.807, 2.05) is 12.1 Å². The minimum absolute atomic E-state index is 0.0195. The van der Waals surface area contributed by atoms with Crippen molar-refractivity contribution in [1.29, 1.82) is 0 Å². The molecule has 2 aromatic carbocycles. The number of ether oxygens (including phenoxy) is 2. The molecule has 1 N–H and O–H groups in total. The summed E-state index contributed by atoms with van der Waals surface area (Å²) in [5, 5.41) is 3.87.